The first-order chi connectivity index (χ1) is 21.4. The monoisotopic (exact) mass is 625 g/mol. The van der Waals surface area contributed by atoms with Crippen molar-refractivity contribution < 1.29 is 28.7 Å². The Morgan fingerprint density at radius 3 is 1.55 bits per heavy atom. The van der Waals surface area contributed by atoms with Gasteiger partial charge in [-0.3, -0.25) is 19.2 Å². The molecule has 0 aromatic heterocycles. The smallest absolute Gasteiger partial charge is 0.308 e. The van der Waals surface area contributed by atoms with Gasteiger partial charge in [-0.1, -0.05) is 118 Å². The zero-order valence-corrected chi connectivity index (χ0v) is 29.0. The van der Waals surface area contributed by atoms with Crippen molar-refractivity contribution in [2.45, 2.75) is 169 Å². The molecule has 2 unspecified atom stereocenters. The molecule has 258 valence electrons. The molecule has 8 nitrogen and oxygen atoms in total. The van der Waals surface area contributed by atoms with Crippen LogP contribution >= 0.6 is 0 Å². The standard InChI is InChI=1S/C36H68N2O6/c1-5-9-12-14-15-18-25-32(24-17-13-10-6-2)36(42)43-28-20-19-27-37-34(40)30-38-33(39)26-21-29-44-35(41)31(22-8-4)23-16-11-7-3/h31-32H,5-30H2,1-4H3,(H,37,40)(H,38,39). The SMILES string of the molecule is CCCCCCCCC(CCCCCC)C(=O)OCCCCNC(=O)CNC(=O)CCCOC(=O)C(CCC)CCCCC. The molecule has 0 bridgehead atoms. The number of ether oxygens (including phenoxy) is 2. The summed E-state index contributed by atoms with van der Waals surface area (Å²) in [6.45, 7) is 9.61. The van der Waals surface area contributed by atoms with Crippen LogP contribution in [0.25, 0.3) is 0 Å². The normalized spacial score (nSPS) is 12.4. The van der Waals surface area contributed by atoms with Crippen LogP contribution in [0.3, 0.4) is 0 Å². The van der Waals surface area contributed by atoms with Crippen LogP contribution in [0.4, 0.5) is 0 Å². The largest absolute Gasteiger partial charge is 0.465 e. The Labute approximate surface area is 269 Å². The molecule has 0 aliphatic heterocycles. The number of rotatable bonds is 31. The first-order valence-corrected chi connectivity index (χ1v) is 18.3. The number of carbonyl (C=O) groups excluding carboxylic acids is 4. The molecular formula is C36H68N2O6. The summed E-state index contributed by atoms with van der Waals surface area (Å²) >= 11 is 0. The molecule has 0 radical (unpaired) electrons. The van der Waals surface area contributed by atoms with E-state index >= 15 is 0 Å². The number of amides is 2. The van der Waals surface area contributed by atoms with Crippen molar-refractivity contribution in [3.05, 3.63) is 0 Å². The summed E-state index contributed by atoms with van der Waals surface area (Å²) in [5, 5.41) is 5.42. The van der Waals surface area contributed by atoms with Gasteiger partial charge in [-0.15, -0.1) is 0 Å². The third-order valence-corrected chi connectivity index (χ3v) is 8.15. The average molecular weight is 625 g/mol. The average Bonchev–Trinajstić information content (AvgIpc) is 3.02. The summed E-state index contributed by atoms with van der Waals surface area (Å²) in [6.07, 6.45) is 21.8. The summed E-state index contributed by atoms with van der Waals surface area (Å²) < 4.78 is 11.0. The molecule has 0 aromatic rings. The Balaban J connectivity index is 4.05. The minimum atomic E-state index is -0.248. The molecular weight excluding hydrogens is 556 g/mol. The molecule has 0 rings (SSSR count). The van der Waals surface area contributed by atoms with Crippen molar-refractivity contribution in [2.24, 2.45) is 11.8 Å². The topological polar surface area (TPSA) is 111 Å². The highest BCUT2D eigenvalue weighted by atomic mass is 16.5. The number of unbranched alkanes of at least 4 members (excludes halogenated alkanes) is 11. The maximum absolute atomic E-state index is 12.7. The summed E-state index contributed by atoms with van der Waals surface area (Å²) in [7, 11) is 0. The fourth-order valence-corrected chi connectivity index (χ4v) is 5.34. The fourth-order valence-electron chi connectivity index (χ4n) is 5.34. The lowest BCUT2D eigenvalue weighted by atomic mass is 9.94. The molecule has 8 heteroatoms. The zero-order valence-electron chi connectivity index (χ0n) is 29.0. The fraction of sp³-hybridized carbons (Fsp3) is 0.889. The van der Waals surface area contributed by atoms with E-state index in [4.69, 9.17) is 9.47 Å². The van der Waals surface area contributed by atoms with Gasteiger partial charge in [0.25, 0.3) is 0 Å². The first-order valence-electron chi connectivity index (χ1n) is 18.3. The molecule has 2 N–H and O–H groups in total. The van der Waals surface area contributed by atoms with Gasteiger partial charge in [-0.2, -0.15) is 0 Å². The molecule has 0 spiro atoms. The number of hydrogen-bond acceptors (Lipinski definition) is 6. The van der Waals surface area contributed by atoms with Gasteiger partial charge in [0.15, 0.2) is 0 Å². The van der Waals surface area contributed by atoms with Crippen LogP contribution in [0.15, 0.2) is 0 Å². The molecule has 44 heavy (non-hydrogen) atoms. The van der Waals surface area contributed by atoms with Gasteiger partial charge < -0.3 is 20.1 Å². The van der Waals surface area contributed by atoms with Crippen molar-refractivity contribution in [2.75, 3.05) is 26.3 Å². The van der Waals surface area contributed by atoms with Gasteiger partial charge >= 0.3 is 11.9 Å². The first kappa shape index (κ1) is 41.9. The minimum absolute atomic E-state index is 0.00178. The van der Waals surface area contributed by atoms with Crippen molar-refractivity contribution in [1.29, 1.82) is 0 Å². The summed E-state index contributed by atoms with van der Waals surface area (Å²) in [6, 6.07) is 0. The molecule has 2 atom stereocenters. The highest BCUT2D eigenvalue weighted by Gasteiger charge is 2.20. The van der Waals surface area contributed by atoms with E-state index in [1.807, 2.05) is 0 Å². The Morgan fingerprint density at radius 1 is 0.477 bits per heavy atom. The van der Waals surface area contributed by atoms with E-state index in [0.717, 1.165) is 64.2 Å². The third-order valence-electron chi connectivity index (χ3n) is 8.15. The second-order valence-electron chi connectivity index (χ2n) is 12.4. The molecule has 2 amide bonds. The number of esters is 2. The van der Waals surface area contributed by atoms with Crippen LogP contribution in [0.1, 0.15) is 169 Å². The van der Waals surface area contributed by atoms with Crippen LogP contribution in [-0.4, -0.2) is 50.1 Å². The number of hydrogen-bond donors (Lipinski definition) is 2. The maximum atomic E-state index is 12.7. The molecule has 0 saturated carbocycles. The quantitative estimate of drug-likeness (QED) is 0.0594. The molecule has 0 aliphatic rings. The lowest BCUT2D eigenvalue weighted by molar-refractivity contribution is -0.150. The Kier molecular flexibility index (Phi) is 29.4. The van der Waals surface area contributed by atoms with Crippen molar-refractivity contribution >= 4 is 23.8 Å². The highest BCUT2D eigenvalue weighted by molar-refractivity contribution is 5.84. The van der Waals surface area contributed by atoms with Crippen molar-refractivity contribution in [3.63, 3.8) is 0 Å². The molecule has 0 aliphatic carbocycles. The number of nitrogens with one attached hydrogen (secondary N) is 2. The number of carbonyl (C=O) groups is 4. The molecule has 0 aromatic carbocycles. The highest BCUT2D eigenvalue weighted by Crippen LogP contribution is 2.21. The van der Waals surface area contributed by atoms with Gasteiger partial charge in [0.1, 0.15) is 0 Å². The van der Waals surface area contributed by atoms with Gasteiger partial charge in [0.2, 0.25) is 11.8 Å². The van der Waals surface area contributed by atoms with Gasteiger partial charge in [0, 0.05) is 13.0 Å². The van der Waals surface area contributed by atoms with E-state index in [2.05, 4.69) is 38.3 Å². The van der Waals surface area contributed by atoms with Crippen molar-refractivity contribution in [1.82, 2.24) is 10.6 Å². The molecule has 0 saturated heterocycles. The van der Waals surface area contributed by atoms with E-state index in [9.17, 15) is 19.2 Å². The zero-order chi connectivity index (χ0) is 32.7. The van der Waals surface area contributed by atoms with Gasteiger partial charge in [-0.25, -0.2) is 0 Å². The predicted octanol–water partition coefficient (Wildman–Crippen LogP) is 8.20. The molecule has 0 heterocycles. The third kappa shape index (κ3) is 25.2. The lowest BCUT2D eigenvalue weighted by Gasteiger charge is -2.16. The Morgan fingerprint density at radius 2 is 0.955 bits per heavy atom. The van der Waals surface area contributed by atoms with Crippen LogP contribution in [0.5, 0.6) is 0 Å². The summed E-state index contributed by atoms with van der Waals surface area (Å²) in [5.74, 6) is -0.758. The van der Waals surface area contributed by atoms with E-state index in [1.54, 1.807) is 0 Å². The Bertz CT molecular complexity index is 729. The van der Waals surface area contributed by atoms with Crippen LogP contribution < -0.4 is 10.6 Å². The lowest BCUT2D eigenvalue weighted by Crippen LogP contribution is -2.37. The van der Waals surface area contributed by atoms with E-state index in [0.29, 0.717) is 32.4 Å². The van der Waals surface area contributed by atoms with Gasteiger partial charge in [-0.05, 0) is 44.9 Å². The van der Waals surface area contributed by atoms with Crippen LogP contribution in [-0.2, 0) is 28.7 Å². The summed E-state index contributed by atoms with van der Waals surface area (Å²) in [4.78, 5) is 49.3. The second-order valence-corrected chi connectivity index (χ2v) is 12.4. The predicted molar refractivity (Wildman–Crippen MR) is 179 cm³/mol. The van der Waals surface area contributed by atoms with Gasteiger partial charge in [0.05, 0.1) is 31.6 Å². The molecule has 0 fully saturated rings. The van der Waals surface area contributed by atoms with E-state index in [1.165, 1.54) is 51.4 Å². The van der Waals surface area contributed by atoms with E-state index in [-0.39, 0.29) is 55.2 Å². The van der Waals surface area contributed by atoms with Crippen LogP contribution in [0.2, 0.25) is 0 Å². The summed E-state index contributed by atoms with van der Waals surface area (Å²) in [5.41, 5.74) is 0. The minimum Gasteiger partial charge on any atom is -0.465 e. The second kappa shape index (κ2) is 30.9. The Hall–Kier alpha value is -2.12. The maximum Gasteiger partial charge on any atom is 0.308 e. The van der Waals surface area contributed by atoms with E-state index < -0.39 is 0 Å². The van der Waals surface area contributed by atoms with Crippen molar-refractivity contribution in [3.8, 4) is 0 Å². The van der Waals surface area contributed by atoms with Crippen LogP contribution in [0, 0.1) is 11.8 Å².